The summed E-state index contributed by atoms with van der Waals surface area (Å²) in [5.41, 5.74) is 3.14. The van der Waals surface area contributed by atoms with E-state index >= 15 is 0 Å². The molecule has 5 aromatic rings. The Morgan fingerprint density at radius 3 is 2.32 bits per heavy atom. The number of nitrogens with zero attached hydrogens (tertiary/aromatic N) is 8. The van der Waals surface area contributed by atoms with E-state index in [0.717, 1.165) is 19.3 Å². The van der Waals surface area contributed by atoms with Crippen molar-refractivity contribution in [1.82, 2.24) is 34.6 Å². The number of nitrogens with one attached hydrogen (secondary N) is 2. The molecule has 0 aliphatic carbocycles. The molecule has 3 aromatic carbocycles. The number of aromatic nitrogens is 5. The summed E-state index contributed by atoms with van der Waals surface area (Å²) in [5.74, 6) is -3.40. The fourth-order valence-corrected chi connectivity index (χ4v) is 6.97. The van der Waals surface area contributed by atoms with Crippen LogP contribution < -0.4 is 15.5 Å². The highest BCUT2D eigenvalue weighted by Crippen LogP contribution is 2.30. The lowest BCUT2D eigenvalue weighted by Gasteiger charge is -2.38. The summed E-state index contributed by atoms with van der Waals surface area (Å²) >= 11 is 6.31. The molecule has 17 heteroatoms. The topological polar surface area (TPSA) is 188 Å². The fourth-order valence-electron chi connectivity index (χ4n) is 6.80. The second-order valence-electron chi connectivity index (χ2n) is 12.9. The predicted molar refractivity (Wildman–Crippen MR) is 195 cm³/mol. The Bertz CT molecular complexity index is 2220. The van der Waals surface area contributed by atoms with Crippen molar-refractivity contribution in [2.24, 2.45) is 7.05 Å². The zero-order chi connectivity index (χ0) is 37.2. The van der Waals surface area contributed by atoms with Gasteiger partial charge in [-0.2, -0.15) is 4.68 Å². The number of urea groups is 1. The van der Waals surface area contributed by atoms with E-state index in [-0.39, 0.29) is 31.2 Å². The number of likely N-dealkylation sites (tertiary alicyclic amines) is 1. The van der Waals surface area contributed by atoms with Crippen LogP contribution in [0.15, 0.2) is 73.1 Å². The van der Waals surface area contributed by atoms with E-state index < -0.39 is 29.7 Å². The lowest BCUT2D eigenvalue weighted by molar-refractivity contribution is -0.149. The third-order valence-corrected chi connectivity index (χ3v) is 9.80. The minimum absolute atomic E-state index is 0.00783. The number of carboxylic acid groups (broad SMARTS) is 1. The number of aryl methyl sites for hydroxylation is 1. The monoisotopic (exact) mass is 738 g/mol. The number of halogens is 1. The van der Waals surface area contributed by atoms with Gasteiger partial charge in [0.25, 0.3) is 0 Å². The van der Waals surface area contributed by atoms with Gasteiger partial charge in [0, 0.05) is 66.9 Å². The Morgan fingerprint density at radius 2 is 1.60 bits per heavy atom. The van der Waals surface area contributed by atoms with E-state index in [1.807, 2.05) is 0 Å². The molecule has 4 heterocycles. The zero-order valence-corrected chi connectivity index (χ0v) is 29.4. The van der Waals surface area contributed by atoms with Crippen LogP contribution in [0.3, 0.4) is 0 Å². The van der Waals surface area contributed by atoms with Crippen molar-refractivity contribution in [3.05, 3.63) is 89.3 Å². The number of piperazine rings is 1. The number of piperidine rings is 1. The first kappa shape index (κ1) is 35.1. The van der Waals surface area contributed by atoms with Gasteiger partial charge in [0.05, 0.1) is 11.4 Å². The van der Waals surface area contributed by atoms with E-state index in [1.54, 1.807) is 77.2 Å². The highest BCUT2D eigenvalue weighted by molar-refractivity contribution is 6.41. The summed E-state index contributed by atoms with van der Waals surface area (Å²) < 4.78 is 2.90. The van der Waals surface area contributed by atoms with Crippen LogP contribution in [0.4, 0.5) is 21.9 Å². The molecule has 16 nitrogen and oxygen atoms in total. The van der Waals surface area contributed by atoms with Gasteiger partial charge in [-0.05, 0) is 89.8 Å². The molecule has 2 fully saturated rings. The number of carbonyl (C=O) groups is 5. The van der Waals surface area contributed by atoms with Crippen LogP contribution in [-0.4, -0.2) is 102 Å². The molecule has 1 unspecified atom stereocenters. The molecule has 0 saturated carbocycles. The smallest absolute Gasteiger partial charge is 0.352 e. The van der Waals surface area contributed by atoms with Gasteiger partial charge in [0.15, 0.2) is 0 Å². The Balaban J connectivity index is 1.15. The quantitative estimate of drug-likeness (QED) is 0.188. The average molecular weight is 739 g/mol. The van der Waals surface area contributed by atoms with Gasteiger partial charge in [-0.1, -0.05) is 23.7 Å². The van der Waals surface area contributed by atoms with Crippen molar-refractivity contribution in [3.8, 4) is 5.69 Å². The first-order chi connectivity index (χ1) is 25.6. The van der Waals surface area contributed by atoms with Crippen LogP contribution in [-0.2, 0) is 27.9 Å². The van der Waals surface area contributed by atoms with Gasteiger partial charge in [-0.25, -0.2) is 9.59 Å². The number of carboxylic acids is 1. The third-order valence-electron chi connectivity index (χ3n) is 9.56. The highest BCUT2D eigenvalue weighted by Gasteiger charge is 2.40. The van der Waals surface area contributed by atoms with Gasteiger partial charge < -0.3 is 35.0 Å². The molecule has 2 aromatic heterocycles. The largest absolute Gasteiger partial charge is 0.477 e. The first-order valence-corrected chi connectivity index (χ1v) is 17.4. The molecular formula is C36H35ClN10O6. The van der Waals surface area contributed by atoms with Crippen molar-refractivity contribution < 1.29 is 29.1 Å². The first-order valence-electron chi connectivity index (χ1n) is 17.0. The normalized spacial score (nSPS) is 15.5. The van der Waals surface area contributed by atoms with Crippen molar-refractivity contribution >= 4 is 69.3 Å². The number of amides is 5. The van der Waals surface area contributed by atoms with Gasteiger partial charge in [0.1, 0.15) is 18.1 Å². The summed E-state index contributed by atoms with van der Waals surface area (Å²) in [6, 6.07) is 17.0. The van der Waals surface area contributed by atoms with Crippen LogP contribution in [0.25, 0.3) is 16.6 Å². The Kier molecular flexibility index (Phi) is 9.78. The molecule has 0 radical (unpaired) electrons. The number of tetrazole rings is 1. The second-order valence-corrected chi connectivity index (χ2v) is 13.3. The number of anilines is 3. The van der Waals surface area contributed by atoms with E-state index in [1.165, 1.54) is 26.9 Å². The number of benzene rings is 3. The number of aromatic carboxylic acids is 1. The molecule has 2 saturated heterocycles. The van der Waals surface area contributed by atoms with Crippen LogP contribution in [0.2, 0.25) is 5.02 Å². The van der Waals surface area contributed by atoms with Crippen molar-refractivity contribution in [3.63, 3.8) is 0 Å². The van der Waals surface area contributed by atoms with E-state index in [2.05, 4.69) is 26.2 Å². The predicted octanol–water partition coefficient (Wildman–Crippen LogP) is 3.95. The van der Waals surface area contributed by atoms with E-state index in [4.69, 9.17) is 11.6 Å². The maximum Gasteiger partial charge on any atom is 0.352 e. The fraction of sp³-hybridized carbons (Fsp3) is 0.278. The van der Waals surface area contributed by atoms with Gasteiger partial charge in [-0.3, -0.25) is 14.4 Å². The Labute approximate surface area is 307 Å². The average Bonchev–Trinajstić information content (AvgIpc) is 3.81. The van der Waals surface area contributed by atoms with Crippen molar-refractivity contribution in [2.75, 3.05) is 41.7 Å². The number of carbonyl (C=O) groups excluding carboxylic acids is 4. The molecular weight excluding hydrogens is 704 g/mol. The molecule has 5 amide bonds. The maximum absolute atomic E-state index is 14.1. The molecule has 2 aliphatic rings. The van der Waals surface area contributed by atoms with Crippen LogP contribution in [0, 0.1) is 0 Å². The number of fused-ring (bicyclic) bond motifs is 1. The Morgan fingerprint density at radius 1 is 0.849 bits per heavy atom. The molecule has 272 valence electrons. The Hall–Kier alpha value is -6.29. The molecule has 7 rings (SSSR count). The molecule has 2 aliphatic heterocycles. The van der Waals surface area contributed by atoms with E-state index in [0.29, 0.717) is 57.3 Å². The minimum Gasteiger partial charge on any atom is -0.477 e. The van der Waals surface area contributed by atoms with Crippen LogP contribution in [0.5, 0.6) is 0 Å². The number of hydrogen-bond acceptors (Lipinski definition) is 8. The SMILES string of the molecule is Cn1c(C(=O)O)cc2cc(NC(=O)C(Cc3ccc(NC(=O)N4CCCCC4)cc3)N3CCN(c4cc(Cl)ccc4-n4cnnn4)C(=O)C3=O)ccc21. The third kappa shape index (κ3) is 7.26. The molecule has 0 bridgehead atoms. The minimum atomic E-state index is -1.12. The second kappa shape index (κ2) is 14.7. The van der Waals surface area contributed by atoms with Gasteiger partial charge in [0.2, 0.25) is 5.91 Å². The molecule has 3 N–H and O–H groups in total. The van der Waals surface area contributed by atoms with Gasteiger partial charge >= 0.3 is 23.8 Å². The summed E-state index contributed by atoms with van der Waals surface area (Å²) in [6.45, 7) is 1.46. The number of rotatable bonds is 9. The maximum atomic E-state index is 14.1. The summed E-state index contributed by atoms with van der Waals surface area (Å²) in [7, 11) is 1.64. The zero-order valence-electron chi connectivity index (χ0n) is 28.6. The van der Waals surface area contributed by atoms with E-state index in [9.17, 15) is 29.1 Å². The standard InChI is InChI=1S/C36H35ClN10O6/c1-43-27-12-10-26(18-23(27)19-31(43)35(51)52)39-32(48)30(17-22-5-8-25(9-6-22)40-36(53)44-13-3-2-4-14-44)46-16-15-45(33(49)34(46)50)29-20-24(37)7-11-28(29)47-21-38-41-42-47/h5-12,18-21,30H,2-4,13-17H2,1H3,(H,39,48)(H,40,53)(H,51,52). The van der Waals surface area contributed by atoms with Crippen LogP contribution >= 0.6 is 11.6 Å². The van der Waals surface area contributed by atoms with Gasteiger partial charge in [-0.15, -0.1) is 5.10 Å². The molecule has 53 heavy (non-hydrogen) atoms. The van der Waals surface area contributed by atoms with Crippen molar-refractivity contribution in [1.29, 1.82) is 0 Å². The molecule has 1 atom stereocenters. The summed E-state index contributed by atoms with van der Waals surface area (Å²) in [5, 5.41) is 27.6. The van der Waals surface area contributed by atoms with Crippen LogP contribution in [0.1, 0.15) is 35.3 Å². The summed E-state index contributed by atoms with van der Waals surface area (Å²) in [6.07, 6.45) is 4.44. The lowest BCUT2D eigenvalue weighted by atomic mass is 10.0. The summed E-state index contributed by atoms with van der Waals surface area (Å²) in [4.78, 5) is 70.7. The van der Waals surface area contributed by atoms with Crippen molar-refractivity contribution in [2.45, 2.75) is 31.7 Å². The highest BCUT2D eigenvalue weighted by atomic mass is 35.5. The number of hydrogen-bond donors (Lipinski definition) is 3. The molecule has 0 spiro atoms. The lowest BCUT2D eigenvalue weighted by Crippen LogP contribution is -2.60.